The third kappa shape index (κ3) is 4.06. The van der Waals surface area contributed by atoms with Crippen LogP contribution in [-0.2, 0) is 4.79 Å². The molecule has 1 saturated heterocycles. The van der Waals surface area contributed by atoms with Crippen molar-refractivity contribution in [3.8, 4) is 5.75 Å². The summed E-state index contributed by atoms with van der Waals surface area (Å²) in [5, 5.41) is 8.54. The number of likely N-dealkylation sites (tertiary alicyclic amines) is 1. The van der Waals surface area contributed by atoms with Gasteiger partial charge in [-0.25, -0.2) is 5.01 Å². The maximum Gasteiger partial charge on any atom is 0.257 e. The molecule has 1 atom stereocenters. The summed E-state index contributed by atoms with van der Waals surface area (Å²) >= 11 is 1.69. The van der Waals surface area contributed by atoms with E-state index in [1.54, 1.807) is 23.5 Å². The van der Waals surface area contributed by atoms with Crippen molar-refractivity contribution in [3.63, 3.8) is 0 Å². The molecule has 0 radical (unpaired) electrons. The number of hydrazone groups is 1. The first-order valence-electron chi connectivity index (χ1n) is 9.54. The molecule has 4 rings (SSSR count). The Labute approximate surface area is 164 Å². The number of hydrogen-bond donors (Lipinski definition) is 0. The lowest BCUT2D eigenvalue weighted by atomic mass is 10.0. The third-order valence-electron chi connectivity index (χ3n) is 5.25. The minimum absolute atomic E-state index is 0.0107. The molecule has 1 aromatic carbocycles. The topological polar surface area (TPSA) is 45.1 Å². The lowest BCUT2D eigenvalue weighted by Crippen LogP contribution is -2.40. The first-order chi connectivity index (χ1) is 13.2. The standard InChI is InChI=1S/C21H25N3O2S/c1-26-17-8-5-7-16(13-17)18-14-19(20-9-6-12-27-20)24(22-18)21(25)15-23-10-3-2-4-11-23/h5-9,12-13,19H,2-4,10-11,14-15H2,1H3/t19-/m0/s1. The normalized spacial score (nSPS) is 20.6. The van der Waals surface area contributed by atoms with Crippen molar-refractivity contribution in [2.24, 2.45) is 5.10 Å². The molecular weight excluding hydrogens is 358 g/mol. The van der Waals surface area contributed by atoms with Crippen LogP contribution in [0.1, 0.15) is 42.2 Å². The van der Waals surface area contributed by atoms with Crippen LogP contribution in [0.2, 0.25) is 0 Å². The Balaban J connectivity index is 1.58. The van der Waals surface area contributed by atoms with Crippen LogP contribution in [0.3, 0.4) is 0 Å². The molecule has 2 aliphatic rings. The maximum absolute atomic E-state index is 13.1. The molecular formula is C21H25N3O2S. The van der Waals surface area contributed by atoms with Crippen molar-refractivity contribution in [1.29, 1.82) is 0 Å². The van der Waals surface area contributed by atoms with E-state index in [9.17, 15) is 4.79 Å². The minimum atomic E-state index is -0.0107. The highest BCUT2D eigenvalue weighted by molar-refractivity contribution is 7.10. The molecule has 0 bridgehead atoms. The average Bonchev–Trinajstić information content (AvgIpc) is 3.38. The second kappa shape index (κ2) is 8.23. The van der Waals surface area contributed by atoms with Crippen molar-refractivity contribution in [2.75, 3.05) is 26.7 Å². The Kier molecular flexibility index (Phi) is 5.55. The number of methoxy groups -OCH3 is 1. The van der Waals surface area contributed by atoms with Gasteiger partial charge in [-0.2, -0.15) is 5.10 Å². The van der Waals surface area contributed by atoms with Gasteiger partial charge in [0, 0.05) is 16.9 Å². The van der Waals surface area contributed by atoms with Crippen LogP contribution in [-0.4, -0.2) is 48.3 Å². The van der Waals surface area contributed by atoms with Crippen molar-refractivity contribution in [1.82, 2.24) is 9.91 Å². The van der Waals surface area contributed by atoms with Crippen molar-refractivity contribution >= 4 is 23.0 Å². The van der Waals surface area contributed by atoms with Gasteiger partial charge in [-0.15, -0.1) is 11.3 Å². The van der Waals surface area contributed by atoms with Gasteiger partial charge in [-0.3, -0.25) is 9.69 Å². The quantitative estimate of drug-likeness (QED) is 0.786. The Morgan fingerprint density at radius 2 is 2.07 bits per heavy atom. The SMILES string of the molecule is COc1cccc(C2=NN(C(=O)CN3CCCCC3)[C@H](c3cccs3)C2)c1. The van der Waals surface area contributed by atoms with Crippen LogP contribution in [0, 0.1) is 0 Å². The zero-order chi connectivity index (χ0) is 18.6. The zero-order valence-electron chi connectivity index (χ0n) is 15.6. The minimum Gasteiger partial charge on any atom is -0.497 e. The van der Waals surface area contributed by atoms with Gasteiger partial charge in [0.2, 0.25) is 0 Å². The van der Waals surface area contributed by atoms with E-state index in [0.29, 0.717) is 6.54 Å². The Morgan fingerprint density at radius 1 is 1.22 bits per heavy atom. The van der Waals surface area contributed by atoms with Gasteiger partial charge in [0.25, 0.3) is 5.91 Å². The number of carbonyl (C=O) groups excluding carboxylic acids is 1. The fourth-order valence-corrected chi connectivity index (χ4v) is 4.61. The highest BCUT2D eigenvalue weighted by Gasteiger charge is 2.34. The predicted molar refractivity (Wildman–Crippen MR) is 108 cm³/mol. The number of nitrogens with zero attached hydrogens (tertiary/aromatic N) is 3. The molecule has 1 amide bonds. The number of piperidine rings is 1. The Hall–Kier alpha value is -2.18. The molecule has 1 aromatic heterocycles. The zero-order valence-corrected chi connectivity index (χ0v) is 16.5. The van der Waals surface area contributed by atoms with Gasteiger partial charge in [0.05, 0.1) is 25.4 Å². The average molecular weight is 384 g/mol. The van der Waals surface area contributed by atoms with Gasteiger partial charge in [-0.1, -0.05) is 24.6 Å². The first-order valence-corrected chi connectivity index (χ1v) is 10.4. The van der Waals surface area contributed by atoms with Crippen molar-refractivity contribution in [3.05, 3.63) is 52.2 Å². The van der Waals surface area contributed by atoms with E-state index in [1.807, 2.05) is 30.3 Å². The van der Waals surface area contributed by atoms with Crippen molar-refractivity contribution < 1.29 is 9.53 Å². The van der Waals surface area contributed by atoms with Crippen LogP contribution in [0.5, 0.6) is 5.75 Å². The van der Waals surface area contributed by atoms with Gasteiger partial charge in [-0.05, 0) is 49.5 Å². The lowest BCUT2D eigenvalue weighted by Gasteiger charge is -2.28. The summed E-state index contributed by atoms with van der Waals surface area (Å²) < 4.78 is 5.35. The molecule has 2 aromatic rings. The third-order valence-corrected chi connectivity index (χ3v) is 6.22. The fourth-order valence-electron chi connectivity index (χ4n) is 3.80. The van der Waals surface area contributed by atoms with Gasteiger partial charge in [0.15, 0.2) is 0 Å². The van der Waals surface area contributed by atoms with E-state index in [2.05, 4.69) is 16.3 Å². The number of hydrogen-bond acceptors (Lipinski definition) is 5. The molecule has 0 aliphatic carbocycles. The Bertz CT molecular complexity index is 813. The summed E-state index contributed by atoms with van der Waals surface area (Å²) in [6.07, 6.45) is 4.36. The van der Waals surface area contributed by atoms with Crippen LogP contribution >= 0.6 is 11.3 Å². The highest BCUT2D eigenvalue weighted by Crippen LogP contribution is 2.35. The number of ether oxygens (including phenoxy) is 1. The summed E-state index contributed by atoms with van der Waals surface area (Å²) in [7, 11) is 1.67. The molecule has 3 heterocycles. The molecule has 0 saturated carbocycles. The summed E-state index contributed by atoms with van der Waals surface area (Å²) in [5.74, 6) is 0.897. The smallest absolute Gasteiger partial charge is 0.257 e. The fraction of sp³-hybridized carbons (Fsp3) is 0.429. The molecule has 2 aliphatic heterocycles. The maximum atomic E-state index is 13.1. The molecule has 142 valence electrons. The first kappa shape index (κ1) is 18.2. The van der Waals surface area contributed by atoms with E-state index in [-0.39, 0.29) is 11.9 Å². The number of thiophene rings is 1. The van der Waals surface area contributed by atoms with E-state index >= 15 is 0 Å². The van der Waals surface area contributed by atoms with Crippen molar-refractivity contribution in [2.45, 2.75) is 31.7 Å². The summed E-state index contributed by atoms with van der Waals surface area (Å²) in [6, 6.07) is 12.0. The molecule has 6 heteroatoms. The molecule has 0 N–H and O–H groups in total. The predicted octanol–water partition coefficient (Wildman–Crippen LogP) is 3.92. The summed E-state index contributed by atoms with van der Waals surface area (Å²) in [6.45, 7) is 2.47. The Morgan fingerprint density at radius 3 is 2.81 bits per heavy atom. The number of amides is 1. The van der Waals surface area contributed by atoms with E-state index < -0.39 is 0 Å². The molecule has 0 unspecified atom stereocenters. The molecule has 27 heavy (non-hydrogen) atoms. The molecule has 0 spiro atoms. The molecule has 1 fully saturated rings. The van der Waals surface area contributed by atoms with Gasteiger partial charge >= 0.3 is 0 Å². The monoisotopic (exact) mass is 383 g/mol. The highest BCUT2D eigenvalue weighted by atomic mass is 32.1. The summed E-state index contributed by atoms with van der Waals surface area (Å²) in [5.41, 5.74) is 1.96. The molecule has 5 nitrogen and oxygen atoms in total. The summed E-state index contributed by atoms with van der Waals surface area (Å²) in [4.78, 5) is 16.5. The van der Waals surface area contributed by atoms with Crippen LogP contribution in [0.4, 0.5) is 0 Å². The van der Waals surface area contributed by atoms with Gasteiger partial charge in [0.1, 0.15) is 5.75 Å². The number of rotatable bonds is 5. The van der Waals surface area contributed by atoms with E-state index in [4.69, 9.17) is 9.84 Å². The largest absolute Gasteiger partial charge is 0.497 e. The second-order valence-electron chi connectivity index (χ2n) is 7.09. The van der Waals surface area contributed by atoms with E-state index in [0.717, 1.165) is 36.5 Å². The van der Waals surface area contributed by atoms with Crippen LogP contribution < -0.4 is 4.74 Å². The van der Waals surface area contributed by atoms with Crippen LogP contribution in [0.25, 0.3) is 0 Å². The number of benzene rings is 1. The van der Waals surface area contributed by atoms with Gasteiger partial charge < -0.3 is 4.74 Å². The second-order valence-corrected chi connectivity index (χ2v) is 8.07. The lowest BCUT2D eigenvalue weighted by molar-refractivity contribution is -0.134. The van der Waals surface area contributed by atoms with Crippen LogP contribution in [0.15, 0.2) is 46.9 Å². The van der Waals surface area contributed by atoms with E-state index in [1.165, 1.54) is 24.1 Å². The number of carbonyl (C=O) groups is 1.